The molecule has 2 aromatic carbocycles. The number of hydrogen-bond acceptors (Lipinski definition) is 6. The van der Waals surface area contributed by atoms with E-state index in [4.69, 9.17) is 4.98 Å². The molecule has 3 aromatic rings. The molecule has 3 rings (SSSR count). The van der Waals surface area contributed by atoms with E-state index in [0.29, 0.717) is 18.2 Å². The van der Waals surface area contributed by atoms with Gasteiger partial charge in [-0.1, -0.05) is 31.3 Å². The van der Waals surface area contributed by atoms with Crippen molar-refractivity contribution in [3.05, 3.63) is 63.2 Å². The van der Waals surface area contributed by atoms with Crippen LogP contribution in [0.3, 0.4) is 0 Å². The number of amides is 1. The first-order valence-electron chi connectivity index (χ1n) is 10.0. The Hall–Kier alpha value is -2.55. The smallest absolute Gasteiger partial charge is 0.270 e. The minimum atomic E-state index is -0.486. The molecular formula is C22H27ClN4O3S. The number of aryl methyl sites for hydroxylation is 2. The number of halogens is 1. The molecule has 9 heteroatoms. The molecule has 31 heavy (non-hydrogen) atoms. The number of thiazole rings is 1. The van der Waals surface area contributed by atoms with Gasteiger partial charge in [0.1, 0.15) is 0 Å². The van der Waals surface area contributed by atoms with Crippen LogP contribution in [-0.2, 0) is 0 Å². The van der Waals surface area contributed by atoms with E-state index in [2.05, 4.69) is 31.7 Å². The van der Waals surface area contributed by atoms with E-state index in [1.54, 1.807) is 17.0 Å². The predicted octanol–water partition coefficient (Wildman–Crippen LogP) is 5.23. The van der Waals surface area contributed by atoms with Crippen molar-refractivity contribution in [1.82, 2.24) is 9.88 Å². The van der Waals surface area contributed by atoms with Gasteiger partial charge in [0.15, 0.2) is 5.13 Å². The Balaban J connectivity index is 0.00000341. The SMILES string of the molecule is CCN(CC)CCN(C(=O)c1cccc([N+](=O)[O-])c1)c1nc2cc(C)c(C)cc2s1.Cl. The molecule has 1 aromatic heterocycles. The highest BCUT2D eigenvalue weighted by atomic mass is 35.5. The summed E-state index contributed by atoms with van der Waals surface area (Å²) in [5.74, 6) is -0.279. The van der Waals surface area contributed by atoms with Crippen molar-refractivity contribution in [3.8, 4) is 0 Å². The third-order valence-electron chi connectivity index (χ3n) is 5.31. The van der Waals surface area contributed by atoms with Gasteiger partial charge in [0, 0.05) is 30.8 Å². The highest BCUT2D eigenvalue weighted by Gasteiger charge is 2.23. The van der Waals surface area contributed by atoms with Crippen LogP contribution in [0.5, 0.6) is 0 Å². The Kier molecular flexibility index (Phi) is 8.50. The predicted molar refractivity (Wildman–Crippen MR) is 129 cm³/mol. The number of nitro benzene ring substituents is 1. The van der Waals surface area contributed by atoms with E-state index < -0.39 is 4.92 Å². The fourth-order valence-electron chi connectivity index (χ4n) is 3.26. The number of anilines is 1. The summed E-state index contributed by atoms with van der Waals surface area (Å²) in [6.07, 6.45) is 0. The third kappa shape index (κ3) is 5.58. The Morgan fingerprint density at radius 1 is 1.10 bits per heavy atom. The van der Waals surface area contributed by atoms with Crippen molar-refractivity contribution >= 4 is 50.7 Å². The zero-order chi connectivity index (χ0) is 21.8. The summed E-state index contributed by atoms with van der Waals surface area (Å²) in [4.78, 5) is 32.6. The number of aromatic nitrogens is 1. The first-order chi connectivity index (χ1) is 14.3. The van der Waals surface area contributed by atoms with Gasteiger partial charge in [0.2, 0.25) is 0 Å². The number of benzene rings is 2. The van der Waals surface area contributed by atoms with Crippen molar-refractivity contribution in [1.29, 1.82) is 0 Å². The van der Waals surface area contributed by atoms with Crippen LogP contribution in [-0.4, -0.2) is 46.9 Å². The zero-order valence-electron chi connectivity index (χ0n) is 18.1. The van der Waals surface area contributed by atoms with E-state index >= 15 is 0 Å². The number of nitrogens with zero attached hydrogens (tertiary/aromatic N) is 4. The minimum Gasteiger partial charge on any atom is -0.302 e. The van der Waals surface area contributed by atoms with E-state index in [0.717, 1.165) is 28.9 Å². The Labute approximate surface area is 192 Å². The van der Waals surface area contributed by atoms with Gasteiger partial charge in [0.25, 0.3) is 11.6 Å². The van der Waals surface area contributed by atoms with Crippen LogP contribution in [0.2, 0.25) is 0 Å². The molecule has 0 atom stereocenters. The maximum Gasteiger partial charge on any atom is 0.270 e. The quantitative estimate of drug-likeness (QED) is 0.338. The van der Waals surface area contributed by atoms with Crippen LogP contribution in [0.15, 0.2) is 36.4 Å². The average Bonchev–Trinajstić information content (AvgIpc) is 3.13. The van der Waals surface area contributed by atoms with E-state index in [1.807, 2.05) is 13.0 Å². The molecule has 0 unspecified atom stereocenters. The van der Waals surface area contributed by atoms with Crippen LogP contribution >= 0.6 is 23.7 Å². The summed E-state index contributed by atoms with van der Waals surface area (Å²) in [5.41, 5.74) is 3.38. The first-order valence-corrected chi connectivity index (χ1v) is 10.8. The van der Waals surface area contributed by atoms with Gasteiger partial charge in [-0.2, -0.15) is 0 Å². The molecule has 7 nitrogen and oxygen atoms in total. The lowest BCUT2D eigenvalue weighted by Gasteiger charge is -2.24. The molecule has 0 radical (unpaired) electrons. The minimum absolute atomic E-state index is 0. The zero-order valence-corrected chi connectivity index (χ0v) is 19.8. The summed E-state index contributed by atoms with van der Waals surface area (Å²) in [6.45, 7) is 11.2. The van der Waals surface area contributed by atoms with Gasteiger partial charge in [-0.15, -0.1) is 12.4 Å². The standard InChI is InChI=1S/C22H26N4O3S.ClH/c1-5-24(6-2)10-11-25(21(27)17-8-7-9-18(14-17)26(28)29)22-23-19-12-15(3)16(4)13-20(19)30-22;/h7-9,12-14H,5-6,10-11H2,1-4H3;1H. The molecule has 0 saturated heterocycles. The van der Waals surface area contributed by atoms with E-state index in [9.17, 15) is 14.9 Å². The van der Waals surface area contributed by atoms with Crippen LogP contribution in [0, 0.1) is 24.0 Å². The molecular weight excluding hydrogens is 436 g/mol. The highest BCUT2D eigenvalue weighted by Crippen LogP contribution is 2.32. The van der Waals surface area contributed by atoms with Crippen molar-refractivity contribution in [2.24, 2.45) is 0 Å². The number of likely N-dealkylation sites (N-methyl/N-ethyl adjacent to an activating group) is 1. The summed E-state index contributed by atoms with van der Waals surface area (Å²) >= 11 is 1.47. The summed E-state index contributed by atoms with van der Waals surface area (Å²) in [5, 5.41) is 11.8. The summed E-state index contributed by atoms with van der Waals surface area (Å²) in [6, 6.07) is 9.99. The number of carbonyl (C=O) groups is 1. The molecule has 0 aliphatic heterocycles. The second kappa shape index (κ2) is 10.7. The Morgan fingerprint density at radius 3 is 2.42 bits per heavy atom. The van der Waals surface area contributed by atoms with Crippen molar-refractivity contribution in [3.63, 3.8) is 0 Å². The molecule has 0 saturated carbocycles. The number of hydrogen-bond donors (Lipinski definition) is 0. The molecule has 1 heterocycles. The van der Waals surface area contributed by atoms with Crippen LogP contribution in [0.25, 0.3) is 10.2 Å². The van der Waals surface area contributed by atoms with Crippen LogP contribution < -0.4 is 4.90 Å². The normalized spacial score (nSPS) is 10.9. The van der Waals surface area contributed by atoms with Crippen molar-refractivity contribution in [2.75, 3.05) is 31.1 Å². The maximum atomic E-state index is 13.4. The largest absolute Gasteiger partial charge is 0.302 e. The molecule has 1 amide bonds. The van der Waals surface area contributed by atoms with Gasteiger partial charge >= 0.3 is 0 Å². The number of nitro groups is 1. The molecule has 0 aliphatic carbocycles. The highest BCUT2D eigenvalue weighted by molar-refractivity contribution is 7.22. The van der Waals surface area contributed by atoms with Gasteiger partial charge in [-0.05, 0) is 56.3 Å². The Morgan fingerprint density at radius 2 is 1.77 bits per heavy atom. The van der Waals surface area contributed by atoms with E-state index in [-0.39, 0.29) is 29.6 Å². The molecule has 0 bridgehead atoms. The number of non-ortho nitro benzene ring substituents is 1. The van der Waals surface area contributed by atoms with Gasteiger partial charge in [0.05, 0.1) is 15.1 Å². The average molecular weight is 463 g/mol. The van der Waals surface area contributed by atoms with Gasteiger partial charge in [-0.25, -0.2) is 4.98 Å². The molecule has 0 aliphatic rings. The second-order valence-electron chi connectivity index (χ2n) is 7.19. The van der Waals surface area contributed by atoms with Crippen molar-refractivity contribution < 1.29 is 9.72 Å². The van der Waals surface area contributed by atoms with Crippen LogP contribution in [0.4, 0.5) is 10.8 Å². The maximum absolute atomic E-state index is 13.4. The number of rotatable bonds is 8. The van der Waals surface area contributed by atoms with Gasteiger partial charge < -0.3 is 4.90 Å². The third-order valence-corrected chi connectivity index (χ3v) is 6.35. The summed E-state index contributed by atoms with van der Waals surface area (Å²) < 4.78 is 1.02. The topological polar surface area (TPSA) is 79.6 Å². The lowest BCUT2D eigenvalue weighted by molar-refractivity contribution is -0.384. The monoisotopic (exact) mass is 462 g/mol. The molecule has 0 fully saturated rings. The lowest BCUT2D eigenvalue weighted by Crippen LogP contribution is -2.38. The number of carbonyl (C=O) groups excluding carboxylic acids is 1. The summed E-state index contributed by atoms with van der Waals surface area (Å²) in [7, 11) is 0. The molecule has 0 spiro atoms. The first kappa shape index (κ1) is 24.7. The lowest BCUT2D eigenvalue weighted by atomic mass is 10.1. The van der Waals surface area contributed by atoms with Crippen molar-refractivity contribution in [2.45, 2.75) is 27.7 Å². The molecule has 166 valence electrons. The van der Waals surface area contributed by atoms with Crippen LogP contribution in [0.1, 0.15) is 35.3 Å². The van der Waals surface area contributed by atoms with E-state index in [1.165, 1.54) is 29.0 Å². The molecule has 0 N–H and O–H groups in total. The Bertz CT molecular complexity index is 1040. The fraction of sp³-hybridized carbons (Fsp3) is 0.364. The van der Waals surface area contributed by atoms with Gasteiger partial charge in [-0.3, -0.25) is 19.8 Å². The number of fused-ring (bicyclic) bond motifs is 1. The second-order valence-corrected chi connectivity index (χ2v) is 8.20. The fourth-order valence-corrected chi connectivity index (χ4v) is 4.33.